The van der Waals surface area contributed by atoms with E-state index < -0.39 is 0 Å². The van der Waals surface area contributed by atoms with Gasteiger partial charge in [0.15, 0.2) is 11.5 Å². The monoisotopic (exact) mass is 446 g/mol. The van der Waals surface area contributed by atoms with E-state index in [1.807, 2.05) is 44.2 Å². The van der Waals surface area contributed by atoms with Gasteiger partial charge in [-0.25, -0.2) is 0 Å². The van der Waals surface area contributed by atoms with E-state index in [4.69, 9.17) is 9.47 Å². The number of carbonyl (C=O) groups excluding carboxylic acids is 2. The van der Waals surface area contributed by atoms with Crippen LogP contribution in [0.2, 0.25) is 0 Å². The number of anilines is 1. The lowest BCUT2D eigenvalue weighted by Gasteiger charge is -2.13. The Kier molecular flexibility index (Phi) is 8.08. The van der Waals surface area contributed by atoms with Gasteiger partial charge in [0, 0.05) is 6.54 Å². The Hall–Kier alpha value is -3.80. The average molecular weight is 447 g/mol. The fourth-order valence-electron chi connectivity index (χ4n) is 3.65. The number of aryl methyl sites for hydroxylation is 2. The van der Waals surface area contributed by atoms with Crippen LogP contribution in [-0.4, -0.2) is 32.6 Å². The van der Waals surface area contributed by atoms with Crippen LogP contribution in [0.1, 0.15) is 32.6 Å². The fourth-order valence-corrected chi connectivity index (χ4v) is 3.65. The van der Waals surface area contributed by atoms with Gasteiger partial charge in [-0.3, -0.25) is 9.59 Å². The number of nitrogens with one attached hydrogen (secondary N) is 2. The van der Waals surface area contributed by atoms with Gasteiger partial charge in [0.2, 0.25) is 5.91 Å². The number of carbonyl (C=O) groups is 2. The van der Waals surface area contributed by atoms with Crippen molar-refractivity contribution in [3.63, 3.8) is 0 Å². The first kappa shape index (κ1) is 23.9. The number of para-hydroxylation sites is 1. The molecule has 6 heteroatoms. The highest BCUT2D eigenvalue weighted by Crippen LogP contribution is 2.27. The van der Waals surface area contributed by atoms with Crippen LogP contribution in [-0.2, 0) is 17.6 Å². The molecule has 3 aromatic carbocycles. The predicted octanol–water partition coefficient (Wildman–Crippen LogP) is 4.47. The quantitative estimate of drug-likeness (QED) is 0.508. The minimum absolute atomic E-state index is 0.160. The van der Waals surface area contributed by atoms with Crippen LogP contribution in [0.3, 0.4) is 0 Å². The summed E-state index contributed by atoms with van der Waals surface area (Å²) in [7, 11) is 3.19. The molecule has 0 heterocycles. The number of hydrogen-bond donors (Lipinski definition) is 2. The molecule has 0 bridgehead atoms. The first-order valence-corrected chi connectivity index (χ1v) is 10.9. The molecule has 0 saturated heterocycles. The van der Waals surface area contributed by atoms with Gasteiger partial charge in [0.25, 0.3) is 5.91 Å². The van der Waals surface area contributed by atoms with E-state index in [0.717, 1.165) is 22.3 Å². The Morgan fingerprint density at radius 3 is 2.36 bits per heavy atom. The summed E-state index contributed by atoms with van der Waals surface area (Å²) in [6, 6.07) is 18.7. The molecule has 0 unspecified atom stereocenters. The number of hydrogen-bond acceptors (Lipinski definition) is 4. The van der Waals surface area contributed by atoms with Crippen molar-refractivity contribution in [1.82, 2.24) is 5.32 Å². The zero-order valence-corrected chi connectivity index (χ0v) is 19.5. The molecule has 2 N–H and O–H groups in total. The SMILES string of the molecule is COc1ccc(CCNC(=O)c2ccccc2NC(=O)Cc2ccc(C)cc2C)cc1OC. The van der Waals surface area contributed by atoms with Gasteiger partial charge in [-0.2, -0.15) is 0 Å². The summed E-state index contributed by atoms with van der Waals surface area (Å²) in [6.07, 6.45) is 0.884. The number of amides is 2. The highest BCUT2D eigenvalue weighted by molar-refractivity contribution is 6.04. The molecule has 0 atom stereocenters. The van der Waals surface area contributed by atoms with Crippen molar-refractivity contribution in [1.29, 1.82) is 0 Å². The van der Waals surface area contributed by atoms with E-state index in [2.05, 4.69) is 16.7 Å². The van der Waals surface area contributed by atoms with Crippen LogP contribution in [0.15, 0.2) is 60.7 Å². The molecule has 0 radical (unpaired) electrons. The van der Waals surface area contributed by atoms with Gasteiger partial charge in [0.1, 0.15) is 0 Å². The zero-order chi connectivity index (χ0) is 23.8. The number of benzene rings is 3. The van der Waals surface area contributed by atoms with Crippen molar-refractivity contribution in [2.45, 2.75) is 26.7 Å². The maximum atomic E-state index is 12.8. The van der Waals surface area contributed by atoms with Gasteiger partial charge in [-0.05, 0) is 61.2 Å². The molecule has 0 spiro atoms. The summed E-state index contributed by atoms with van der Waals surface area (Å²) in [5.74, 6) is 0.916. The molecule has 0 aliphatic carbocycles. The van der Waals surface area contributed by atoms with E-state index >= 15 is 0 Å². The van der Waals surface area contributed by atoms with Gasteiger partial charge in [0.05, 0.1) is 31.9 Å². The van der Waals surface area contributed by atoms with E-state index in [-0.39, 0.29) is 18.2 Å². The summed E-state index contributed by atoms with van der Waals surface area (Å²) in [4.78, 5) is 25.4. The first-order chi connectivity index (χ1) is 15.9. The lowest BCUT2D eigenvalue weighted by atomic mass is 10.0. The third-order valence-corrected chi connectivity index (χ3v) is 5.44. The van der Waals surface area contributed by atoms with Crippen molar-refractivity contribution < 1.29 is 19.1 Å². The second-order valence-electron chi connectivity index (χ2n) is 7.90. The highest BCUT2D eigenvalue weighted by Gasteiger charge is 2.14. The Balaban J connectivity index is 1.61. The van der Waals surface area contributed by atoms with Crippen molar-refractivity contribution in [3.8, 4) is 11.5 Å². The summed E-state index contributed by atoms with van der Waals surface area (Å²) < 4.78 is 10.6. The standard InChI is InChI=1S/C27H30N2O4/c1-18-9-11-21(19(2)15-18)17-26(30)29-23-8-6-5-7-22(23)27(31)28-14-13-20-10-12-24(32-3)25(16-20)33-4/h5-12,15-16H,13-14,17H2,1-4H3,(H,28,31)(H,29,30). The fraction of sp³-hybridized carbons (Fsp3) is 0.259. The minimum atomic E-state index is -0.238. The Bertz CT molecular complexity index is 1140. The normalized spacial score (nSPS) is 10.4. The summed E-state index contributed by atoms with van der Waals surface area (Å²) >= 11 is 0. The predicted molar refractivity (Wildman–Crippen MR) is 130 cm³/mol. The average Bonchev–Trinajstić information content (AvgIpc) is 2.81. The van der Waals surface area contributed by atoms with Crippen LogP contribution in [0.4, 0.5) is 5.69 Å². The Labute approximate surface area is 194 Å². The zero-order valence-electron chi connectivity index (χ0n) is 19.5. The van der Waals surface area contributed by atoms with Gasteiger partial charge < -0.3 is 20.1 Å². The molecule has 2 amide bonds. The second-order valence-corrected chi connectivity index (χ2v) is 7.90. The van der Waals surface area contributed by atoms with Crippen LogP contribution < -0.4 is 20.1 Å². The Morgan fingerprint density at radius 1 is 0.879 bits per heavy atom. The van der Waals surface area contributed by atoms with Crippen LogP contribution in [0.25, 0.3) is 0 Å². The van der Waals surface area contributed by atoms with Crippen LogP contribution >= 0.6 is 0 Å². The molecule has 0 aliphatic heterocycles. The van der Waals surface area contributed by atoms with Crippen molar-refractivity contribution >= 4 is 17.5 Å². The number of methoxy groups -OCH3 is 2. The van der Waals surface area contributed by atoms with Crippen molar-refractivity contribution in [3.05, 3.63) is 88.5 Å². The molecular weight excluding hydrogens is 416 g/mol. The number of ether oxygens (including phenoxy) is 2. The molecule has 3 rings (SSSR count). The third-order valence-electron chi connectivity index (χ3n) is 5.44. The Morgan fingerprint density at radius 2 is 1.64 bits per heavy atom. The molecule has 0 fully saturated rings. The van der Waals surface area contributed by atoms with E-state index in [1.165, 1.54) is 0 Å². The van der Waals surface area contributed by atoms with E-state index in [0.29, 0.717) is 35.7 Å². The molecule has 6 nitrogen and oxygen atoms in total. The van der Waals surface area contributed by atoms with Gasteiger partial charge in [-0.1, -0.05) is 42.0 Å². The first-order valence-electron chi connectivity index (χ1n) is 10.9. The van der Waals surface area contributed by atoms with Crippen molar-refractivity contribution in [2.75, 3.05) is 26.1 Å². The molecular formula is C27H30N2O4. The maximum Gasteiger partial charge on any atom is 0.253 e. The second kappa shape index (κ2) is 11.2. The molecule has 3 aromatic rings. The lowest BCUT2D eigenvalue weighted by Crippen LogP contribution is -2.27. The smallest absolute Gasteiger partial charge is 0.253 e. The largest absolute Gasteiger partial charge is 0.493 e. The molecule has 172 valence electrons. The van der Waals surface area contributed by atoms with Crippen LogP contribution in [0, 0.1) is 13.8 Å². The van der Waals surface area contributed by atoms with E-state index in [1.54, 1.807) is 38.5 Å². The summed E-state index contributed by atoms with van der Waals surface area (Å²) in [5, 5.41) is 5.82. The summed E-state index contributed by atoms with van der Waals surface area (Å²) in [6.45, 7) is 4.46. The topological polar surface area (TPSA) is 76.7 Å². The maximum absolute atomic E-state index is 12.8. The third kappa shape index (κ3) is 6.35. The highest BCUT2D eigenvalue weighted by atomic mass is 16.5. The molecule has 0 aliphatic rings. The summed E-state index contributed by atoms with van der Waals surface area (Å²) in [5.41, 5.74) is 5.14. The molecule has 0 aromatic heterocycles. The molecule has 0 saturated carbocycles. The van der Waals surface area contributed by atoms with Crippen molar-refractivity contribution in [2.24, 2.45) is 0 Å². The van der Waals surface area contributed by atoms with E-state index in [9.17, 15) is 9.59 Å². The lowest BCUT2D eigenvalue weighted by molar-refractivity contribution is -0.115. The van der Waals surface area contributed by atoms with Crippen LogP contribution in [0.5, 0.6) is 11.5 Å². The van der Waals surface area contributed by atoms with Gasteiger partial charge >= 0.3 is 0 Å². The molecule has 33 heavy (non-hydrogen) atoms. The minimum Gasteiger partial charge on any atom is -0.493 e. The van der Waals surface area contributed by atoms with Gasteiger partial charge in [-0.15, -0.1) is 0 Å². The number of rotatable bonds is 9.